The van der Waals surface area contributed by atoms with Gasteiger partial charge < -0.3 is 5.73 Å². The smallest absolute Gasteiger partial charge is 0.271 e. The van der Waals surface area contributed by atoms with Crippen LogP contribution < -0.4 is 5.73 Å². The number of hydrogen-bond acceptors (Lipinski definition) is 6. The summed E-state index contributed by atoms with van der Waals surface area (Å²) in [5, 5.41) is 17.6. The van der Waals surface area contributed by atoms with Crippen molar-refractivity contribution in [1.82, 2.24) is 15.2 Å². The van der Waals surface area contributed by atoms with E-state index in [0.29, 0.717) is 11.0 Å². The van der Waals surface area contributed by atoms with Gasteiger partial charge in [-0.15, -0.1) is 10.2 Å². The highest BCUT2D eigenvalue weighted by Gasteiger charge is 2.07. The molecule has 70 valence electrons. The largest absolute Gasteiger partial charge is 0.366 e. The van der Waals surface area contributed by atoms with E-state index in [4.69, 9.17) is 5.73 Å². The summed E-state index contributed by atoms with van der Waals surface area (Å²) >= 11 is 0. The van der Waals surface area contributed by atoms with Crippen LogP contribution in [0, 0.1) is 10.1 Å². The van der Waals surface area contributed by atoms with E-state index in [0.717, 1.165) is 0 Å². The predicted octanol–water partition coefficient (Wildman–Crippen LogP) is 0.515. The first-order chi connectivity index (χ1) is 6.66. The van der Waals surface area contributed by atoms with Gasteiger partial charge in [0.1, 0.15) is 5.52 Å². The van der Waals surface area contributed by atoms with Gasteiger partial charge in [0.2, 0.25) is 5.95 Å². The lowest BCUT2D eigenvalue weighted by molar-refractivity contribution is -0.384. The Bertz CT molecular complexity index is 512. The van der Waals surface area contributed by atoms with Gasteiger partial charge in [0, 0.05) is 12.1 Å². The third-order valence-corrected chi connectivity index (χ3v) is 1.67. The number of benzene rings is 1. The van der Waals surface area contributed by atoms with E-state index >= 15 is 0 Å². The Morgan fingerprint density at radius 1 is 1.29 bits per heavy atom. The highest BCUT2D eigenvalue weighted by Crippen LogP contribution is 2.16. The molecule has 0 bridgehead atoms. The van der Waals surface area contributed by atoms with Gasteiger partial charge >= 0.3 is 0 Å². The molecule has 0 aliphatic carbocycles. The number of fused-ring (bicyclic) bond motifs is 1. The molecular formula is C7H5N5O2. The SMILES string of the molecule is Nc1nnc2cc([N+](=O)[O-])ccc2n1. The lowest BCUT2D eigenvalue weighted by Crippen LogP contribution is -1.98. The molecule has 0 aliphatic rings. The zero-order valence-corrected chi connectivity index (χ0v) is 6.91. The molecule has 2 N–H and O–H groups in total. The number of non-ortho nitro benzene ring substituents is 1. The fourth-order valence-electron chi connectivity index (χ4n) is 1.05. The number of nitrogens with two attached hydrogens (primary N) is 1. The van der Waals surface area contributed by atoms with Crippen LogP contribution >= 0.6 is 0 Å². The van der Waals surface area contributed by atoms with Crippen molar-refractivity contribution in [2.75, 3.05) is 5.73 Å². The van der Waals surface area contributed by atoms with Gasteiger partial charge in [-0.1, -0.05) is 0 Å². The zero-order chi connectivity index (χ0) is 10.1. The van der Waals surface area contributed by atoms with Gasteiger partial charge in [-0.3, -0.25) is 10.1 Å². The summed E-state index contributed by atoms with van der Waals surface area (Å²) in [5.41, 5.74) is 6.10. The number of anilines is 1. The van der Waals surface area contributed by atoms with Crippen LogP contribution in [0.3, 0.4) is 0 Å². The van der Waals surface area contributed by atoms with Crippen molar-refractivity contribution in [3.05, 3.63) is 28.3 Å². The lowest BCUT2D eigenvalue weighted by Gasteiger charge is -1.95. The first kappa shape index (κ1) is 8.30. The van der Waals surface area contributed by atoms with Crippen LogP contribution in [0.1, 0.15) is 0 Å². The third kappa shape index (κ3) is 1.30. The molecule has 0 spiro atoms. The summed E-state index contributed by atoms with van der Waals surface area (Å²) in [4.78, 5) is 13.8. The standard InChI is InChI=1S/C7H5N5O2/c8-7-9-5-2-1-4(12(13)14)3-6(5)10-11-7/h1-3H,(H2,8,9,11). The molecule has 0 saturated heterocycles. The Morgan fingerprint density at radius 2 is 2.07 bits per heavy atom. The second kappa shape index (κ2) is 2.87. The Balaban J connectivity index is 2.67. The molecular weight excluding hydrogens is 186 g/mol. The highest BCUT2D eigenvalue weighted by molar-refractivity contribution is 5.76. The van der Waals surface area contributed by atoms with Crippen LogP contribution in [0.25, 0.3) is 11.0 Å². The van der Waals surface area contributed by atoms with Crippen LogP contribution in [0.2, 0.25) is 0 Å². The summed E-state index contributed by atoms with van der Waals surface area (Å²) < 4.78 is 0. The average molecular weight is 191 g/mol. The molecule has 2 rings (SSSR count). The molecule has 0 saturated carbocycles. The monoisotopic (exact) mass is 191 g/mol. The minimum absolute atomic E-state index is 0.0432. The van der Waals surface area contributed by atoms with E-state index in [2.05, 4.69) is 15.2 Å². The maximum absolute atomic E-state index is 10.4. The van der Waals surface area contributed by atoms with E-state index < -0.39 is 4.92 Å². The topological polar surface area (TPSA) is 108 Å². The van der Waals surface area contributed by atoms with Crippen molar-refractivity contribution in [3.8, 4) is 0 Å². The Hall–Kier alpha value is -2.31. The lowest BCUT2D eigenvalue weighted by atomic mass is 10.3. The van der Waals surface area contributed by atoms with Crippen molar-refractivity contribution in [2.45, 2.75) is 0 Å². The van der Waals surface area contributed by atoms with Gasteiger partial charge in [0.25, 0.3) is 5.69 Å². The second-order valence-electron chi connectivity index (χ2n) is 2.60. The Morgan fingerprint density at radius 3 is 2.79 bits per heavy atom. The first-order valence-electron chi connectivity index (χ1n) is 3.71. The third-order valence-electron chi connectivity index (χ3n) is 1.67. The number of nitrogens with zero attached hydrogens (tertiary/aromatic N) is 4. The van der Waals surface area contributed by atoms with Gasteiger partial charge in [-0.2, -0.15) is 0 Å². The molecule has 0 unspecified atom stereocenters. The van der Waals surface area contributed by atoms with Gasteiger partial charge in [0.15, 0.2) is 0 Å². The van der Waals surface area contributed by atoms with Crippen molar-refractivity contribution in [3.63, 3.8) is 0 Å². The number of hydrogen-bond donors (Lipinski definition) is 1. The molecule has 1 heterocycles. The molecule has 0 atom stereocenters. The molecule has 0 aliphatic heterocycles. The highest BCUT2D eigenvalue weighted by atomic mass is 16.6. The molecule has 7 nitrogen and oxygen atoms in total. The predicted molar refractivity (Wildman–Crippen MR) is 48.4 cm³/mol. The van der Waals surface area contributed by atoms with Crippen LogP contribution in [-0.4, -0.2) is 20.1 Å². The zero-order valence-electron chi connectivity index (χ0n) is 6.91. The second-order valence-corrected chi connectivity index (χ2v) is 2.60. The maximum Gasteiger partial charge on any atom is 0.271 e. The first-order valence-corrected chi connectivity index (χ1v) is 3.71. The summed E-state index contributed by atoms with van der Waals surface area (Å²) in [6.07, 6.45) is 0. The maximum atomic E-state index is 10.4. The van der Waals surface area contributed by atoms with Crippen LogP contribution in [0.4, 0.5) is 11.6 Å². The van der Waals surface area contributed by atoms with Gasteiger partial charge in [-0.25, -0.2) is 4.98 Å². The number of nitrogen functional groups attached to an aromatic ring is 1. The number of nitro groups is 1. The quantitative estimate of drug-likeness (QED) is 0.519. The molecule has 7 heteroatoms. The van der Waals surface area contributed by atoms with Crippen molar-refractivity contribution < 1.29 is 4.92 Å². The molecule has 1 aromatic heterocycles. The fraction of sp³-hybridized carbons (Fsp3) is 0. The number of nitro benzene ring substituents is 1. The summed E-state index contributed by atoms with van der Waals surface area (Å²) in [5.74, 6) is 0.0475. The van der Waals surface area contributed by atoms with E-state index in [1.165, 1.54) is 18.2 Å². The van der Waals surface area contributed by atoms with Crippen LogP contribution in [0.5, 0.6) is 0 Å². The molecule has 1 aromatic carbocycles. The minimum Gasteiger partial charge on any atom is -0.366 e. The van der Waals surface area contributed by atoms with E-state index in [-0.39, 0.29) is 11.6 Å². The van der Waals surface area contributed by atoms with Crippen molar-refractivity contribution in [1.29, 1.82) is 0 Å². The summed E-state index contributed by atoms with van der Waals surface area (Å²) in [7, 11) is 0. The van der Waals surface area contributed by atoms with E-state index in [1.807, 2.05) is 0 Å². The normalized spacial score (nSPS) is 10.3. The molecule has 0 fully saturated rings. The minimum atomic E-state index is -0.503. The van der Waals surface area contributed by atoms with Crippen LogP contribution in [0.15, 0.2) is 18.2 Å². The van der Waals surface area contributed by atoms with Crippen molar-refractivity contribution in [2.24, 2.45) is 0 Å². The molecule has 14 heavy (non-hydrogen) atoms. The van der Waals surface area contributed by atoms with E-state index in [1.54, 1.807) is 0 Å². The molecule has 0 radical (unpaired) electrons. The summed E-state index contributed by atoms with van der Waals surface area (Å²) in [6.45, 7) is 0. The molecule has 2 aromatic rings. The summed E-state index contributed by atoms with van der Waals surface area (Å²) in [6, 6.07) is 4.13. The van der Waals surface area contributed by atoms with Gasteiger partial charge in [-0.05, 0) is 6.07 Å². The number of rotatable bonds is 1. The van der Waals surface area contributed by atoms with Gasteiger partial charge in [0.05, 0.1) is 10.4 Å². The van der Waals surface area contributed by atoms with Crippen molar-refractivity contribution >= 4 is 22.7 Å². The fourth-order valence-corrected chi connectivity index (χ4v) is 1.05. The van der Waals surface area contributed by atoms with E-state index in [9.17, 15) is 10.1 Å². The number of aromatic nitrogens is 3. The molecule has 0 amide bonds. The average Bonchev–Trinajstić information content (AvgIpc) is 2.16. The Labute approximate surface area is 77.7 Å². The Kier molecular flexibility index (Phi) is 1.70. The van der Waals surface area contributed by atoms with Crippen LogP contribution in [-0.2, 0) is 0 Å².